The summed E-state index contributed by atoms with van der Waals surface area (Å²) in [6, 6.07) is 0. The second-order valence-corrected chi connectivity index (χ2v) is 5.47. The van der Waals surface area contributed by atoms with Crippen molar-refractivity contribution in [3.63, 3.8) is 0 Å². The lowest BCUT2D eigenvalue weighted by Crippen LogP contribution is -2.33. The second-order valence-electron chi connectivity index (χ2n) is 3.88. The zero-order chi connectivity index (χ0) is 11.4. The molecule has 2 N–H and O–H groups in total. The first-order chi connectivity index (χ1) is 6.83. The van der Waals surface area contributed by atoms with Crippen molar-refractivity contribution in [3.8, 4) is 0 Å². The van der Waals surface area contributed by atoms with Crippen LogP contribution in [0.4, 0.5) is 20.2 Å². The number of halogens is 4. The molecule has 0 saturated heterocycles. The Morgan fingerprint density at radius 3 is 1.60 bits per heavy atom. The first kappa shape index (κ1) is 11.1. The fraction of sp³-hybridized carbons (Fsp3) is 0.333. The second kappa shape index (κ2) is 3.31. The van der Waals surface area contributed by atoms with E-state index in [4.69, 9.17) is 0 Å². The van der Waals surface area contributed by atoms with Gasteiger partial charge in [-0.15, -0.1) is 0 Å². The summed E-state index contributed by atoms with van der Waals surface area (Å²) in [6.45, 7) is 3.75. The number of hydrogen-bond donors (Lipinski definition) is 2. The normalized spacial score (nSPS) is 16.9. The lowest BCUT2D eigenvalue weighted by Gasteiger charge is -2.19. The summed E-state index contributed by atoms with van der Waals surface area (Å²) in [5.74, 6) is -1.79. The molecule has 0 amide bonds. The highest BCUT2D eigenvalue weighted by molar-refractivity contribution is 9.11. The lowest BCUT2D eigenvalue weighted by atomic mass is 10.2. The highest BCUT2D eigenvalue weighted by atomic mass is 79.9. The van der Waals surface area contributed by atoms with Gasteiger partial charge in [0, 0.05) is 0 Å². The monoisotopic (exact) mass is 340 g/mol. The third kappa shape index (κ3) is 1.63. The summed E-state index contributed by atoms with van der Waals surface area (Å²) >= 11 is 6.06. The Bertz CT molecular complexity index is 407. The van der Waals surface area contributed by atoms with Crippen LogP contribution in [0.2, 0.25) is 0 Å². The maximum Gasteiger partial charge on any atom is 0.176 e. The molecule has 1 aromatic carbocycles. The zero-order valence-electron chi connectivity index (χ0n) is 8.01. The quantitative estimate of drug-likeness (QED) is 0.549. The van der Waals surface area contributed by atoms with Gasteiger partial charge in [0.2, 0.25) is 0 Å². The Balaban J connectivity index is 2.69. The van der Waals surface area contributed by atoms with E-state index >= 15 is 0 Å². The summed E-state index contributed by atoms with van der Waals surface area (Å²) in [4.78, 5) is 0. The van der Waals surface area contributed by atoms with Gasteiger partial charge < -0.3 is 10.6 Å². The van der Waals surface area contributed by atoms with E-state index in [0.717, 1.165) is 0 Å². The average molecular weight is 342 g/mol. The predicted molar refractivity (Wildman–Crippen MR) is 63.1 cm³/mol. The van der Waals surface area contributed by atoms with Gasteiger partial charge in [-0.25, -0.2) is 8.78 Å². The maximum atomic E-state index is 13.4. The minimum atomic E-state index is -0.896. The molecule has 2 rings (SSSR count). The molecule has 0 unspecified atom stereocenters. The van der Waals surface area contributed by atoms with Crippen molar-refractivity contribution in [3.05, 3.63) is 20.6 Å². The van der Waals surface area contributed by atoms with Crippen molar-refractivity contribution in [2.45, 2.75) is 19.5 Å². The van der Waals surface area contributed by atoms with E-state index < -0.39 is 17.3 Å². The standard InChI is InChI=1S/C9H8Br2F2N2/c1-9(2)14-7-3(10)5(12)6(13)4(11)8(7)15-9/h14-15H,1-2H3. The molecule has 1 aliphatic heterocycles. The van der Waals surface area contributed by atoms with Gasteiger partial charge in [0.15, 0.2) is 11.6 Å². The Kier molecular flexibility index (Phi) is 2.46. The highest BCUT2D eigenvalue weighted by Gasteiger charge is 2.33. The topological polar surface area (TPSA) is 24.1 Å². The van der Waals surface area contributed by atoms with Crippen LogP contribution >= 0.6 is 31.9 Å². The van der Waals surface area contributed by atoms with Crippen molar-refractivity contribution < 1.29 is 8.78 Å². The molecule has 0 aromatic heterocycles. The summed E-state index contributed by atoms with van der Waals surface area (Å²) in [5, 5.41) is 6.11. The first-order valence-corrected chi connectivity index (χ1v) is 5.84. The number of benzene rings is 1. The fourth-order valence-electron chi connectivity index (χ4n) is 1.52. The Labute approximate surface area is 103 Å². The number of nitrogens with one attached hydrogen (secondary N) is 2. The molecule has 0 fully saturated rings. The summed E-state index contributed by atoms with van der Waals surface area (Å²) < 4.78 is 27.0. The predicted octanol–water partition coefficient (Wildman–Crippen LogP) is 4.06. The minimum Gasteiger partial charge on any atom is -0.361 e. The van der Waals surface area contributed by atoms with Crippen molar-refractivity contribution >= 4 is 43.2 Å². The smallest absolute Gasteiger partial charge is 0.176 e. The van der Waals surface area contributed by atoms with Gasteiger partial charge in [-0.2, -0.15) is 0 Å². The van der Waals surface area contributed by atoms with Gasteiger partial charge >= 0.3 is 0 Å². The molecule has 1 heterocycles. The van der Waals surface area contributed by atoms with Crippen molar-refractivity contribution in [1.82, 2.24) is 0 Å². The van der Waals surface area contributed by atoms with E-state index in [-0.39, 0.29) is 8.95 Å². The van der Waals surface area contributed by atoms with Crippen LogP contribution in [0, 0.1) is 11.6 Å². The SMILES string of the molecule is CC1(C)Nc2c(Br)c(F)c(F)c(Br)c2N1. The number of hydrogen-bond acceptors (Lipinski definition) is 2. The van der Waals surface area contributed by atoms with E-state index in [9.17, 15) is 8.78 Å². The Hall–Kier alpha value is -0.360. The van der Waals surface area contributed by atoms with Crippen LogP contribution in [0.15, 0.2) is 8.95 Å². The number of fused-ring (bicyclic) bond motifs is 1. The molecular formula is C9H8Br2F2N2. The zero-order valence-corrected chi connectivity index (χ0v) is 11.2. The molecule has 0 aliphatic carbocycles. The summed E-state index contributed by atoms with van der Waals surface area (Å²) in [6.07, 6.45) is 0. The molecule has 1 aliphatic rings. The number of rotatable bonds is 0. The van der Waals surface area contributed by atoms with Crippen LogP contribution in [0.1, 0.15) is 13.8 Å². The molecule has 15 heavy (non-hydrogen) atoms. The maximum absolute atomic E-state index is 13.4. The molecule has 82 valence electrons. The van der Waals surface area contributed by atoms with E-state index in [1.807, 2.05) is 13.8 Å². The largest absolute Gasteiger partial charge is 0.361 e. The Morgan fingerprint density at radius 2 is 1.27 bits per heavy atom. The molecule has 0 bridgehead atoms. The highest BCUT2D eigenvalue weighted by Crippen LogP contribution is 2.46. The van der Waals surface area contributed by atoms with E-state index in [0.29, 0.717) is 11.4 Å². The molecular weight excluding hydrogens is 334 g/mol. The van der Waals surface area contributed by atoms with E-state index in [1.165, 1.54) is 0 Å². The van der Waals surface area contributed by atoms with Gasteiger partial charge in [0.1, 0.15) is 5.66 Å². The summed E-state index contributed by atoms with van der Waals surface area (Å²) in [5.41, 5.74) is 0.643. The van der Waals surface area contributed by atoms with Crippen molar-refractivity contribution in [1.29, 1.82) is 0 Å². The van der Waals surface area contributed by atoms with Crippen LogP contribution in [0.25, 0.3) is 0 Å². The molecule has 0 saturated carbocycles. The van der Waals surface area contributed by atoms with Crippen molar-refractivity contribution in [2.75, 3.05) is 10.6 Å². The molecule has 0 atom stereocenters. The summed E-state index contributed by atoms with van der Waals surface area (Å²) in [7, 11) is 0. The average Bonchev–Trinajstić information content (AvgIpc) is 2.48. The molecule has 0 radical (unpaired) electrons. The van der Waals surface area contributed by atoms with Gasteiger partial charge in [0.05, 0.1) is 20.3 Å². The van der Waals surface area contributed by atoms with Gasteiger partial charge in [0.25, 0.3) is 0 Å². The first-order valence-electron chi connectivity index (χ1n) is 4.26. The third-order valence-corrected chi connectivity index (χ3v) is 3.63. The fourth-order valence-corrected chi connectivity index (χ4v) is 2.47. The molecule has 6 heteroatoms. The van der Waals surface area contributed by atoms with Crippen LogP contribution in [-0.2, 0) is 0 Å². The molecule has 1 aromatic rings. The van der Waals surface area contributed by atoms with E-state index in [2.05, 4.69) is 42.5 Å². The van der Waals surface area contributed by atoms with Gasteiger partial charge in [-0.3, -0.25) is 0 Å². The Morgan fingerprint density at radius 1 is 0.933 bits per heavy atom. The van der Waals surface area contributed by atoms with Crippen LogP contribution in [-0.4, -0.2) is 5.66 Å². The van der Waals surface area contributed by atoms with Crippen LogP contribution < -0.4 is 10.6 Å². The van der Waals surface area contributed by atoms with Crippen LogP contribution in [0.3, 0.4) is 0 Å². The van der Waals surface area contributed by atoms with Crippen LogP contribution in [0.5, 0.6) is 0 Å². The number of anilines is 2. The lowest BCUT2D eigenvalue weighted by molar-refractivity contribution is 0.501. The third-order valence-electron chi connectivity index (χ3n) is 2.14. The minimum absolute atomic E-state index is 0.108. The van der Waals surface area contributed by atoms with E-state index in [1.54, 1.807) is 0 Å². The molecule has 0 spiro atoms. The molecule has 2 nitrogen and oxygen atoms in total. The van der Waals surface area contributed by atoms with Gasteiger partial charge in [-0.1, -0.05) is 0 Å². The van der Waals surface area contributed by atoms with Gasteiger partial charge in [-0.05, 0) is 45.7 Å². The van der Waals surface area contributed by atoms with Crippen molar-refractivity contribution in [2.24, 2.45) is 0 Å².